The molecule has 1 aromatic carbocycles. The van der Waals surface area contributed by atoms with E-state index in [-0.39, 0.29) is 11.7 Å². The van der Waals surface area contributed by atoms with Crippen LogP contribution in [0.15, 0.2) is 40.8 Å². The maximum atomic E-state index is 12.5. The standard InChI is InChI=1S/C20H24F2N2O2S/c21-20(22)27-14-18-9-8-17(26-18)13-23-12-15-4-6-16(7-5-15)19(25)24-10-2-1-3-11-24/h4-9,20,23H,1-3,10-14H2. The number of alkyl halides is 2. The molecule has 0 spiro atoms. The Hall–Kier alpha value is -1.86. The number of piperidine rings is 1. The Morgan fingerprint density at radius 2 is 1.74 bits per heavy atom. The van der Waals surface area contributed by atoms with E-state index in [4.69, 9.17) is 4.42 Å². The number of hydrogen-bond donors (Lipinski definition) is 1. The number of benzene rings is 1. The minimum Gasteiger partial charge on any atom is -0.464 e. The zero-order valence-electron chi connectivity index (χ0n) is 15.1. The summed E-state index contributed by atoms with van der Waals surface area (Å²) in [6.07, 6.45) is 3.38. The smallest absolute Gasteiger partial charge is 0.284 e. The van der Waals surface area contributed by atoms with Crippen molar-refractivity contribution in [3.8, 4) is 0 Å². The van der Waals surface area contributed by atoms with Gasteiger partial charge in [0.2, 0.25) is 0 Å². The molecule has 1 N–H and O–H groups in total. The fourth-order valence-corrected chi connectivity index (χ4v) is 3.56. The predicted molar refractivity (Wildman–Crippen MR) is 103 cm³/mol. The third-order valence-electron chi connectivity index (χ3n) is 4.54. The maximum absolute atomic E-state index is 12.5. The van der Waals surface area contributed by atoms with Crippen molar-refractivity contribution in [3.63, 3.8) is 0 Å². The molecule has 0 bridgehead atoms. The molecule has 27 heavy (non-hydrogen) atoms. The first kappa shape index (κ1) is 19.9. The molecular formula is C20H24F2N2O2S. The molecule has 146 valence electrons. The number of nitrogens with one attached hydrogen (secondary N) is 1. The van der Waals surface area contributed by atoms with E-state index in [0.717, 1.165) is 42.8 Å². The van der Waals surface area contributed by atoms with Crippen molar-refractivity contribution >= 4 is 17.7 Å². The number of hydrogen-bond acceptors (Lipinski definition) is 4. The number of halogens is 2. The predicted octanol–water partition coefficient (Wildman–Crippen LogP) is 4.65. The van der Waals surface area contributed by atoms with Crippen LogP contribution in [0.2, 0.25) is 0 Å². The summed E-state index contributed by atoms with van der Waals surface area (Å²) >= 11 is 0.554. The number of thioether (sulfide) groups is 1. The highest BCUT2D eigenvalue weighted by atomic mass is 32.2. The molecule has 1 aromatic heterocycles. The van der Waals surface area contributed by atoms with Crippen molar-refractivity contribution in [2.45, 2.75) is 43.9 Å². The normalized spacial score (nSPS) is 14.7. The third-order valence-corrected chi connectivity index (χ3v) is 5.24. The van der Waals surface area contributed by atoms with Crippen LogP contribution in [0.5, 0.6) is 0 Å². The molecule has 1 amide bonds. The molecule has 0 radical (unpaired) electrons. The molecule has 7 heteroatoms. The van der Waals surface area contributed by atoms with E-state index in [9.17, 15) is 13.6 Å². The zero-order chi connectivity index (χ0) is 19.1. The molecule has 1 aliphatic heterocycles. The number of rotatable bonds is 8. The minimum atomic E-state index is -2.39. The third kappa shape index (κ3) is 6.07. The van der Waals surface area contributed by atoms with Crippen LogP contribution in [0.1, 0.15) is 46.7 Å². The van der Waals surface area contributed by atoms with Crippen LogP contribution in [-0.4, -0.2) is 29.7 Å². The van der Waals surface area contributed by atoms with E-state index in [2.05, 4.69) is 5.32 Å². The second-order valence-electron chi connectivity index (χ2n) is 6.59. The molecule has 3 rings (SSSR count). The van der Waals surface area contributed by atoms with Gasteiger partial charge >= 0.3 is 0 Å². The monoisotopic (exact) mass is 394 g/mol. The SMILES string of the molecule is O=C(c1ccc(CNCc2ccc(CSC(F)F)o2)cc1)N1CCCCC1. The summed E-state index contributed by atoms with van der Waals surface area (Å²) in [5, 5.41) is 3.26. The summed E-state index contributed by atoms with van der Waals surface area (Å²) in [6.45, 7) is 2.86. The van der Waals surface area contributed by atoms with Gasteiger partial charge in [-0.1, -0.05) is 23.9 Å². The van der Waals surface area contributed by atoms with Crippen LogP contribution in [0.25, 0.3) is 0 Å². The number of likely N-dealkylation sites (tertiary alicyclic amines) is 1. The Morgan fingerprint density at radius 1 is 1.04 bits per heavy atom. The number of carbonyl (C=O) groups excluding carboxylic acids is 1. The lowest BCUT2D eigenvalue weighted by molar-refractivity contribution is 0.0724. The highest BCUT2D eigenvalue weighted by Crippen LogP contribution is 2.21. The van der Waals surface area contributed by atoms with Gasteiger partial charge in [0.25, 0.3) is 11.7 Å². The Labute approximate surface area is 162 Å². The fraction of sp³-hybridized carbons (Fsp3) is 0.450. The maximum Gasteiger partial charge on any atom is 0.284 e. The molecule has 2 heterocycles. The second-order valence-corrected chi connectivity index (χ2v) is 7.57. The summed E-state index contributed by atoms with van der Waals surface area (Å²) in [5.74, 6) is -0.834. The first-order chi connectivity index (χ1) is 13.1. The van der Waals surface area contributed by atoms with Gasteiger partial charge in [-0.05, 0) is 49.1 Å². The number of amides is 1. The Bertz CT molecular complexity index is 728. The highest BCUT2D eigenvalue weighted by Gasteiger charge is 2.17. The van der Waals surface area contributed by atoms with Gasteiger partial charge in [-0.15, -0.1) is 0 Å². The summed E-state index contributed by atoms with van der Waals surface area (Å²) in [5.41, 5.74) is 1.80. The molecule has 0 aliphatic carbocycles. The molecule has 1 saturated heterocycles. The van der Waals surface area contributed by atoms with Crippen LogP contribution < -0.4 is 5.32 Å². The van der Waals surface area contributed by atoms with Crippen molar-refractivity contribution < 1.29 is 18.0 Å². The van der Waals surface area contributed by atoms with Crippen LogP contribution in [-0.2, 0) is 18.8 Å². The van der Waals surface area contributed by atoms with Gasteiger partial charge in [-0.25, -0.2) is 0 Å². The van der Waals surface area contributed by atoms with Gasteiger partial charge in [0, 0.05) is 25.2 Å². The molecule has 0 unspecified atom stereocenters. The van der Waals surface area contributed by atoms with Crippen LogP contribution in [0.3, 0.4) is 0 Å². The van der Waals surface area contributed by atoms with Crippen LogP contribution in [0.4, 0.5) is 8.78 Å². The van der Waals surface area contributed by atoms with E-state index in [1.165, 1.54) is 6.42 Å². The summed E-state index contributed by atoms with van der Waals surface area (Å²) < 4.78 is 29.9. The molecular weight excluding hydrogens is 370 g/mol. The summed E-state index contributed by atoms with van der Waals surface area (Å²) in [7, 11) is 0. The molecule has 2 aromatic rings. The average Bonchev–Trinajstić information content (AvgIpc) is 3.15. The molecule has 1 fully saturated rings. The van der Waals surface area contributed by atoms with Crippen molar-refractivity contribution in [2.75, 3.05) is 13.1 Å². The van der Waals surface area contributed by atoms with Crippen LogP contribution in [0, 0.1) is 0 Å². The van der Waals surface area contributed by atoms with E-state index >= 15 is 0 Å². The molecule has 4 nitrogen and oxygen atoms in total. The van der Waals surface area contributed by atoms with Gasteiger partial charge < -0.3 is 14.6 Å². The zero-order valence-corrected chi connectivity index (χ0v) is 15.9. The van der Waals surface area contributed by atoms with Crippen molar-refractivity contribution in [1.82, 2.24) is 10.2 Å². The largest absolute Gasteiger partial charge is 0.464 e. The van der Waals surface area contributed by atoms with E-state index in [1.54, 1.807) is 12.1 Å². The fourth-order valence-electron chi connectivity index (χ4n) is 3.11. The Kier molecular flexibility index (Phi) is 7.29. The number of carbonyl (C=O) groups is 1. The van der Waals surface area contributed by atoms with Gasteiger partial charge in [-0.2, -0.15) is 8.78 Å². The van der Waals surface area contributed by atoms with E-state index < -0.39 is 5.76 Å². The van der Waals surface area contributed by atoms with Crippen LogP contribution >= 0.6 is 11.8 Å². The van der Waals surface area contributed by atoms with Crippen molar-refractivity contribution in [2.24, 2.45) is 0 Å². The summed E-state index contributed by atoms with van der Waals surface area (Å²) in [6, 6.07) is 11.2. The quantitative estimate of drug-likeness (QED) is 0.708. The van der Waals surface area contributed by atoms with E-state index in [1.807, 2.05) is 29.2 Å². The van der Waals surface area contributed by atoms with Gasteiger partial charge in [-0.3, -0.25) is 4.79 Å². The number of furan rings is 1. The lowest BCUT2D eigenvalue weighted by Crippen LogP contribution is -2.35. The second kappa shape index (κ2) is 9.90. The van der Waals surface area contributed by atoms with Crippen molar-refractivity contribution in [3.05, 3.63) is 59.0 Å². The van der Waals surface area contributed by atoms with Gasteiger partial charge in [0.1, 0.15) is 11.5 Å². The topological polar surface area (TPSA) is 45.5 Å². The minimum absolute atomic E-state index is 0.110. The Morgan fingerprint density at radius 3 is 2.44 bits per heavy atom. The average molecular weight is 394 g/mol. The molecule has 1 aliphatic rings. The molecule has 0 atom stereocenters. The first-order valence-electron chi connectivity index (χ1n) is 9.18. The lowest BCUT2D eigenvalue weighted by Gasteiger charge is -2.26. The highest BCUT2D eigenvalue weighted by molar-refractivity contribution is 7.98. The lowest BCUT2D eigenvalue weighted by atomic mass is 10.1. The molecule has 0 saturated carbocycles. The van der Waals surface area contributed by atoms with Gasteiger partial charge in [0.15, 0.2) is 0 Å². The van der Waals surface area contributed by atoms with Gasteiger partial charge in [0.05, 0.1) is 12.3 Å². The summed E-state index contributed by atoms with van der Waals surface area (Å²) in [4.78, 5) is 14.4. The van der Waals surface area contributed by atoms with E-state index in [0.29, 0.717) is 30.6 Å². The Balaban J connectivity index is 1.44. The first-order valence-corrected chi connectivity index (χ1v) is 10.2. The van der Waals surface area contributed by atoms with Crippen molar-refractivity contribution in [1.29, 1.82) is 0 Å². The number of nitrogens with zero attached hydrogens (tertiary/aromatic N) is 1.